The van der Waals surface area contributed by atoms with Crippen molar-refractivity contribution >= 4 is 41.9 Å². The summed E-state index contributed by atoms with van der Waals surface area (Å²) < 4.78 is 27.1. The van der Waals surface area contributed by atoms with Gasteiger partial charge in [-0.15, -0.1) is 0 Å². The monoisotopic (exact) mass is 483 g/mol. The van der Waals surface area contributed by atoms with Crippen LogP contribution >= 0.6 is 0 Å². The standard InChI is InChI=1S/C18H49NO4Si5/c1-18(28(20-2,21-3)22-4)27(13,14)23-26(11,12)17-15-16-19(24(5,6)7)25(8,9)10/h18H,15-17H2,1-14H3. The van der Waals surface area contributed by atoms with Crippen LogP contribution in [-0.4, -0.2) is 74.0 Å². The van der Waals surface area contributed by atoms with Gasteiger partial charge in [-0.1, -0.05) is 46.2 Å². The molecule has 0 heterocycles. The molecule has 1 atom stereocenters. The highest BCUT2D eigenvalue weighted by Gasteiger charge is 2.54. The Morgan fingerprint density at radius 1 is 0.714 bits per heavy atom. The molecule has 0 amide bonds. The molecule has 1 unspecified atom stereocenters. The summed E-state index contributed by atoms with van der Waals surface area (Å²) in [6.07, 6.45) is 1.23. The number of nitrogens with zero attached hydrogens (tertiary/aromatic N) is 1. The van der Waals surface area contributed by atoms with Crippen LogP contribution < -0.4 is 0 Å². The van der Waals surface area contributed by atoms with E-state index >= 15 is 0 Å². The van der Waals surface area contributed by atoms with E-state index in [9.17, 15) is 0 Å². The zero-order valence-electron chi connectivity index (χ0n) is 21.3. The van der Waals surface area contributed by atoms with E-state index in [0.717, 1.165) is 0 Å². The Bertz CT molecular complexity index is 451. The molecule has 170 valence electrons. The topological polar surface area (TPSA) is 40.2 Å². The van der Waals surface area contributed by atoms with Crippen LogP contribution in [0.1, 0.15) is 13.3 Å². The Morgan fingerprint density at radius 3 is 1.43 bits per heavy atom. The largest absolute Gasteiger partial charge is 0.502 e. The van der Waals surface area contributed by atoms with E-state index in [0.29, 0.717) is 0 Å². The van der Waals surface area contributed by atoms with E-state index in [1.807, 2.05) is 0 Å². The van der Waals surface area contributed by atoms with Crippen LogP contribution in [0.3, 0.4) is 0 Å². The molecule has 0 aromatic carbocycles. The van der Waals surface area contributed by atoms with Crippen molar-refractivity contribution < 1.29 is 17.4 Å². The van der Waals surface area contributed by atoms with Gasteiger partial charge in [0.1, 0.15) is 16.5 Å². The Kier molecular flexibility index (Phi) is 10.8. The second-order valence-electron chi connectivity index (χ2n) is 11.0. The van der Waals surface area contributed by atoms with Crippen LogP contribution in [0.4, 0.5) is 0 Å². The predicted octanol–water partition coefficient (Wildman–Crippen LogP) is 5.58. The van der Waals surface area contributed by atoms with Crippen molar-refractivity contribution in [3.05, 3.63) is 0 Å². The Labute approximate surface area is 181 Å². The summed E-state index contributed by atoms with van der Waals surface area (Å²) in [5.74, 6) is 0. The SMILES string of the molecule is CO[Si](OC)(OC)C(C)[Si](C)(C)O[Si](C)(C)CCCN([Si](C)(C)C)[Si](C)(C)C. The van der Waals surface area contributed by atoms with E-state index in [1.54, 1.807) is 21.3 Å². The third kappa shape index (κ3) is 8.19. The maximum atomic E-state index is 6.93. The number of rotatable bonds is 13. The molecule has 5 nitrogen and oxygen atoms in total. The van der Waals surface area contributed by atoms with Gasteiger partial charge in [0, 0.05) is 26.5 Å². The molecule has 0 radical (unpaired) electrons. The summed E-state index contributed by atoms with van der Waals surface area (Å²) in [7, 11) is -4.00. The maximum Gasteiger partial charge on any atom is 0.502 e. The Hall–Kier alpha value is 0.884. The molecule has 0 N–H and O–H groups in total. The summed E-state index contributed by atoms with van der Waals surface area (Å²) in [4.78, 5) is 0. The molecular weight excluding hydrogens is 435 g/mol. The van der Waals surface area contributed by atoms with Crippen molar-refractivity contribution in [2.45, 2.75) is 90.0 Å². The molecule has 0 aromatic rings. The average molecular weight is 484 g/mol. The Morgan fingerprint density at radius 2 is 1.11 bits per heavy atom. The first-order valence-corrected chi connectivity index (χ1v) is 25.3. The highest BCUT2D eigenvalue weighted by Crippen LogP contribution is 2.36. The molecule has 0 rings (SSSR count). The van der Waals surface area contributed by atoms with Gasteiger partial charge in [-0.05, 0) is 45.2 Å². The highest BCUT2D eigenvalue weighted by atomic mass is 28.5. The summed E-state index contributed by atoms with van der Waals surface area (Å²) in [5.41, 5.74) is 0. The molecule has 28 heavy (non-hydrogen) atoms. The van der Waals surface area contributed by atoms with Crippen LogP contribution in [0.25, 0.3) is 0 Å². The van der Waals surface area contributed by atoms with Crippen molar-refractivity contribution in [3.8, 4) is 0 Å². The third-order valence-corrected chi connectivity index (χ3v) is 27.3. The smallest absolute Gasteiger partial charge is 0.455 e. The van der Waals surface area contributed by atoms with E-state index < -0.39 is 41.9 Å². The summed E-state index contributed by atoms with van der Waals surface area (Å²) in [6.45, 7) is 27.6. The molecule has 0 spiro atoms. The minimum atomic E-state index is -2.69. The van der Waals surface area contributed by atoms with Crippen LogP contribution in [0, 0.1) is 0 Å². The van der Waals surface area contributed by atoms with Gasteiger partial charge in [0.2, 0.25) is 0 Å². The summed E-state index contributed by atoms with van der Waals surface area (Å²) in [6, 6.07) is 1.20. The quantitative estimate of drug-likeness (QED) is 0.320. The van der Waals surface area contributed by atoms with Crippen LogP contribution in [-0.2, 0) is 17.4 Å². The zero-order valence-corrected chi connectivity index (χ0v) is 26.3. The fourth-order valence-electron chi connectivity index (χ4n) is 4.40. The van der Waals surface area contributed by atoms with Gasteiger partial charge in [-0.2, -0.15) is 0 Å². The highest BCUT2D eigenvalue weighted by molar-refractivity contribution is 6.93. The molecular formula is C18H49NO4Si5. The molecule has 0 aromatic heterocycles. The molecule has 0 aliphatic heterocycles. The third-order valence-electron chi connectivity index (χ3n) is 5.75. The van der Waals surface area contributed by atoms with Gasteiger partial charge in [0.15, 0.2) is 16.6 Å². The molecule has 0 saturated heterocycles. The van der Waals surface area contributed by atoms with Gasteiger partial charge in [-0.25, -0.2) is 0 Å². The fraction of sp³-hybridized carbons (Fsp3) is 1.00. The van der Waals surface area contributed by atoms with E-state index in [-0.39, 0.29) is 5.16 Å². The first-order valence-electron chi connectivity index (χ1n) is 10.5. The van der Waals surface area contributed by atoms with Gasteiger partial charge >= 0.3 is 8.80 Å². The summed E-state index contributed by atoms with van der Waals surface area (Å²) in [5, 5.41) is 0.187. The molecule has 0 aliphatic carbocycles. The van der Waals surface area contributed by atoms with Gasteiger partial charge in [0.25, 0.3) is 0 Å². The van der Waals surface area contributed by atoms with Crippen molar-refractivity contribution in [2.75, 3.05) is 27.9 Å². The minimum absolute atomic E-state index is 0.187. The zero-order chi connectivity index (χ0) is 22.6. The van der Waals surface area contributed by atoms with Crippen molar-refractivity contribution in [3.63, 3.8) is 0 Å². The predicted molar refractivity (Wildman–Crippen MR) is 135 cm³/mol. The first kappa shape index (κ1) is 28.9. The van der Waals surface area contributed by atoms with Gasteiger partial charge in [0.05, 0.1) is 0 Å². The van der Waals surface area contributed by atoms with E-state index in [2.05, 4.69) is 76.6 Å². The summed E-state index contributed by atoms with van der Waals surface area (Å²) >= 11 is 0. The van der Waals surface area contributed by atoms with Gasteiger partial charge in [-0.3, -0.25) is 0 Å². The van der Waals surface area contributed by atoms with Crippen LogP contribution in [0.5, 0.6) is 0 Å². The number of hydrogen-bond acceptors (Lipinski definition) is 5. The Balaban J connectivity index is 5.13. The lowest BCUT2D eigenvalue weighted by Crippen LogP contribution is -2.60. The lowest BCUT2D eigenvalue weighted by atomic mass is 10.5. The average Bonchev–Trinajstić information content (AvgIpc) is 2.50. The maximum absolute atomic E-state index is 6.93. The molecule has 0 saturated carbocycles. The van der Waals surface area contributed by atoms with Gasteiger partial charge < -0.3 is 21.6 Å². The van der Waals surface area contributed by atoms with Crippen molar-refractivity contribution in [1.29, 1.82) is 0 Å². The van der Waals surface area contributed by atoms with Crippen molar-refractivity contribution in [2.24, 2.45) is 0 Å². The lowest BCUT2D eigenvalue weighted by molar-refractivity contribution is 0.119. The number of hydrogen-bond donors (Lipinski definition) is 0. The second-order valence-corrected chi connectivity index (χ2v) is 34.0. The van der Waals surface area contributed by atoms with E-state index in [1.165, 1.54) is 19.0 Å². The molecule has 0 aliphatic rings. The normalized spacial score (nSPS) is 16.0. The molecule has 0 bridgehead atoms. The molecule has 10 heteroatoms. The molecule has 0 fully saturated rings. The van der Waals surface area contributed by atoms with Crippen LogP contribution in [0.2, 0.25) is 76.7 Å². The fourth-order valence-corrected chi connectivity index (χ4v) is 28.5. The van der Waals surface area contributed by atoms with Crippen molar-refractivity contribution in [1.82, 2.24) is 4.23 Å². The van der Waals surface area contributed by atoms with Crippen LogP contribution in [0.15, 0.2) is 0 Å². The van der Waals surface area contributed by atoms with E-state index in [4.69, 9.17) is 17.4 Å². The lowest BCUT2D eigenvalue weighted by Gasteiger charge is -2.45. The second kappa shape index (κ2) is 10.5. The first-order chi connectivity index (χ1) is 12.4. The minimum Gasteiger partial charge on any atom is -0.455 e.